The SMILES string of the molecule is CCCOc1cc2c(cc1Cl)-c1c(cc(C(=O)O)c(=O)n1C1CC1)C(C)S2(=O)=O. The van der Waals surface area contributed by atoms with Crippen LogP contribution in [0.1, 0.15) is 60.3 Å². The Bertz CT molecular complexity index is 1200. The Morgan fingerprint density at radius 3 is 2.59 bits per heavy atom. The molecule has 1 N–H and O–H groups in total. The Balaban J connectivity index is 2.08. The van der Waals surface area contributed by atoms with Crippen LogP contribution in [0.3, 0.4) is 0 Å². The van der Waals surface area contributed by atoms with Crippen molar-refractivity contribution in [2.45, 2.75) is 49.3 Å². The lowest BCUT2D eigenvalue weighted by molar-refractivity contribution is 0.0694. The second-order valence-electron chi connectivity index (χ2n) is 7.39. The third-order valence-electron chi connectivity index (χ3n) is 5.37. The summed E-state index contributed by atoms with van der Waals surface area (Å²) in [7, 11) is -3.82. The van der Waals surface area contributed by atoms with Gasteiger partial charge in [-0.1, -0.05) is 18.5 Å². The van der Waals surface area contributed by atoms with Gasteiger partial charge in [-0.3, -0.25) is 4.79 Å². The van der Waals surface area contributed by atoms with Gasteiger partial charge in [0.15, 0.2) is 9.84 Å². The van der Waals surface area contributed by atoms with Gasteiger partial charge in [-0.2, -0.15) is 0 Å². The first kappa shape index (κ1) is 20.0. The highest BCUT2D eigenvalue weighted by molar-refractivity contribution is 7.92. The van der Waals surface area contributed by atoms with Crippen molar-refractivity contribution in [1.29, 1.82) is 0 Å². The van der Waals surface area contributed by atoms with Gasteiger partial charge >= 0.3 is 5.97 Å². The van der Waals surface area contributed by atoms with E-state index in [0.717, 1.165) is 19.3 Å². The molecule has 1 fully saturated rings. The fraction of sp³-hybridized carbons (Fsp3) is 0.400. The Kier molecular flexibility index (Phi) is 4.74. The molecule has 1 aromatic heterocycles. The molecule has 7 nitrogen and oxygen atoms in total. The molecule has 0 radical (unpaired) electrons. The molecule has 1 unspecified atom stereocenters. The molecule has 0 spiro atoms. The van der Waals surface area contributed by atoms with Gasteiger partial charge in [0.1, 0.15) is 11.3 Å². The highest BCUT2D eigenvalue weighted by Gasteiger charge is 2.41. The predicted octanol–water partition coefficient (Wildman–Crippen LogP) is 3.84. The normalized spacial score (nSPS) is 19.3. The summed E-state index contributed by atoms with van der Waals surface area (Å²) in [6.07, 6.45) is 2.20. The first-order valence-electron chi connectivity index (χ1n) is 9.41. The van der Waals surface area contributed by atoms with E-state index in [9.17, 15) is 23.1 Å². The minimum Gasteiger partial charge on any atom is -0.492 e. The van der Waals surface area contributed by atoms with Crippen LogP contribution >= 0.6 is 11.6 Å². The number of fused-ring (bicyclic) bond motifs is 3. The van der Waals surface area contributed by atoms with Crippen LogP contribution < -0.4 is 10.3 Å². The number of carbonyl (C=O) groups is 1. The van der Waals surface area contributed by atoms with Crippen molar-refractivity contribution >= 4 is 27.4 Å². The Morgan fingerprint density at radius 2 is 2.00 bits per heavy atom. The van der Waals surface area contributed by atoms with E-state index in [-0.39, 0.29) is 21.7 Å². The summed E-state index contributed by atoms with van der Waals surface area (Å²) in [4.78, 5) is 24.6. The average molecular weight is 438 g/mol. The van der Waals surface area contributed by atoms with E-state index in [1.165, 1.54) is 29.7 Å². The third kappa shape index (κ3) is 3.05. The molecule has 1 atom stereocenters. The van der Waals surface area contributed by atoms with Crippen molar-refractivity contribution in [3.8, 4) is 17.0 Å². The Hall–Kier alpha value is -2.32. The maximum Gasteiger partial charge on any atom is 0.341 e. The number of sulfone groups is 1. The molecule has 0 saturated heterocycles. The van der Waals surface area contributed by atoms with Gasteiger partial charge in [0.05, 0.1) is 27.5 Å². The summed E-state index contributed by atoms with van der Waals surface area (Å²) < 4.78 is 33.5. The smallest absolute Gasteiger partial charge is 0.341 e. The number of nitrogens with zero attached hydrogens (tertiary/aromatic N) is 1. The van der Waals surface area contributed by atoms with E-state index in [1.54, 1.807) is 0 Å². The van der Waals surface area contributed by atoms with Crippen LogP contribution in [0.25, 0.3) is 11.3 Å². The van der Waals surface area contributed by atoms with Gasteiger partial charge in [-0.25, -0.2) is 13.2 Å². The number of pyridine rings is 1. The van der Waals surface area contributed by atoms with E-state index < -0.39 is 32.2 Å². The summed E-state index contributed by atoms with van der Waals surface area (Å²) in [5, 5.41) is 8.70. The second-order valence-corrected chi connectivity index (χ2v) is 10.0. The summed E-state index contributed by atoms with van der Waals surface area (Å²) in [6.45, 7) is 3.82. The number of rotatable bonds is 5. The Labute approximate surface area is 172 Å². The molecule has 1 aliphatic heterocycles. The number of benzene rings is 1. The molecule has 29 heavy (non-hydrogen) atoms. The molecule has 9 heteroatoms. The Morgan fingerprint density at radius 1 is 1.31 bits per heavy atom. The van der Waals surface area contributed by atoms with Crippen LogP contribution in [0.15, 0.2) is 27.9 Å². The molecular formula is C20H20ClNO6S. The van der Waals surface area contributed by atoms with E-state index >= 15 is 0 Å². The average Bonchev–Trinajstić information content (AvgIpc) is 3.49. The summed E-state index contributed by atoms with van der Waals surface area (Å²) in [5.41, 5.74) is 0.00474. The summed E-state index contributed by atoms with van der Waals surface area (Å²) in [5.74, 6) is -1.10. The first-order chi connectivity index (χ1) is 13.7. The van der Waals surface area contributed by atoms with Crippen molar-refractivity contribution < 1.29 is 23.1 Å². The molecule has 0 amide bonds. The molecule has 1 saturated carbocycles. The van der Waals surface area contributed by atoms with Gasteiger partial charge < -0.3 is 14.4 Å². The van der Waals surface area contributed by atoms with Crippen molar-refractivity contribution in [3.63, 3.8) is 0 Å². The summed E-state index contributed by atoms with van der Waals surface area (Å²) in [6, 6.07) is 3.96. The lowest BCUT2D eigenvalue weighted by Crippen LogP contribution is -2.31. The minimum absolute atomic E-state index is 0.0462. The number of aromatic carboxylic acids is 1. The quantitative estimate of drug-likeness (QED) is 0.762. The highest BCUT2D eigenvalue weighted by atomic mass is 35.5. The fourth-order valence-corrected chi connectivity index (χ4v) is 5.57. The van der Waals surface area contributed by atoms with Crippen molar-refractivity contribution in [2.75, 3.05) is 6.61 Å². The largest absolute Gasteiger partial charge is 0.492 e. The number of carboxylic acid groups (broad SMARTS) is 1. The van der Waals surface area contributed by atoms with E-state index in [0.29, 0.717) is 23.4 Å². The number of aromatic nitrogens is 1. The van der Waals surface area contributed by atoms with Crippen LogP contribution in [-0.4, -0.2) is 30.7 Å². The minimum atomic E-state index is -3.82. The maximum atomic E-state index is 13.2. The fourth-order valence-electron chi connectivity index (χ4n) is 3.72. The molecular weight excluding hydrogens is 418 g/mol. The number of ether oxygens (including phenoxy) is 1. The molecule has 2 heterocycles. The van der Waals surface area contributed by atoms with Crippen molar-refractivity contribution in [1.82, 2.24) is 4.57 Å². The van der Waals surface area contributed by atoms with Crippen LogP contribution in [0.4, 0.5) is 0 Å². The number of carboxylic acids is 1. The molecule has 0 bridgehead atoms. The van der Waals surface area contributed by atoms with Crippen LogP contribution in [-0.2, 0) is 9.84 Å². The summed E-state index contributed by atoms with van der Waals surface area (Å²) >= 11 is 6.36. The van der Waals surface area contributed by atoms with Gasteiger partial charge in [-0.05, 0) is 43.9 Å². The van der Waals surface area contributed by atoms with E-state index in [1.807, 2.05) is 6.92 Å². The highest BCUT2D eigenvalue weighted by Crippen LogP contribution is 2.49. The monoisotopic (exact) mass is 437 g/mol. The van der Waals surface area contributed by atoms with Crippen LogP contribution in [0.2, 0.25) is 5.02 Å². The molecule has 4 rings (SSSR count). The maximum absolute atomic E-state index is 13.2. The van der Waals surface area contributed by atoms with E-state index in [4.69, 9.17) is 16.3 Å². The van der Waals surface area contributed by atoms with Crippen molar-refractivity contribution in [3.05, 3.63) is 44.7 Å². The molecule has 154 valence electrons. The van der Waals surface area contributed by atoms with Gasteiger partial charge in [-0.15, -0.1) is 0 Å². The second kappa shape index (κ2) is 6.88. The van der Waals surface area contributed by atoms with Crippen molar-refractivity contribution in [2.24, 2.45) is 0 Å². The zero-order chi connectivity index (χ0) is 21.1. The molecule has 2 aliphatic rings. The van der Waals surface area contributed by atoms with E-state index in [2.05, 4.69) is 0 Å². The molecule has 1 aromatic carbocycles. The number of hydrogen-bond acceptors (Lipinski definition) is 5. The van der Waals surface area contributed by atoms with Crippen LogP contribution in [0.5, 0.6) is 5.75 Å². The first-order valence-corrected chi connectivity index (χ1v) is 11.3. The lowest BCUT2D eigenvalue weighted by atomic mass is 9.99. The lowest BCUT2D eigenvalue weighted by Gasteiger charge is -2.29. The zero-order valence-electron chi connectivity index (χ0n) is 15.9. The van der Waals surface area contributed by atoms with Gasteiger partial charge in [0, 0.05) is 17.7 Å². The number of hydrogen-bond donors (Lipinski definition) is 1. The zero-order valence-corrected chi connectivity index (χ0v) is 17.5. The van der Waals surface area contributed by atoms with Gasteiger partial charge in [0.25, 0.3) is 5.56 Å². The molecule has 2 aromatic rings. The predicted molar refractivity (Wildman–Crippen MR) is 108 cm³/mol. The van der Waals surface area contributed by atoms with Gasteiger partial charge in [0.2, 0.25) is 0 Å². The number of halogens is 1. The third-order valence-corrected chi connectivity index (χ3v) is 7.80. The molecule has 1 aliphatic carbocycles. The topological polar surface area (TPSA) is 103 Å². The standard InChI is InChI=1S/C20H20ClNO6S/c1-3-6-28-16-9-17-13(8-15(16)21)18-12(10(2)29(17,26)27)7-14(20(24)25)19(23)22(18)11-4-5-11/h7-11H,3-6H2,1-2H3,(H,24,25). The van der Waals surface area contributed by atoms with Crippen LogP contribution in [0, 0.1) is 0 Å².